The summed E-state index contributed by atoms with van der Waals surface area (Å²) < 4.78 is 5.55. The molecule has 0 aliphatic carbocycles. The van der Waals surface area contributed by atoms with Crippen molar-refractivity contribution >= 4 is 20.6 Å². The zero-order valence-corrected chi connectivity index (χ0v) is 13.7. The van der Waals surface area contributed by atoms with Crippen LogP contribution >= 0.6 is 20.6 Å². The lowest BCUT2D eigenvalue weighted by Crippen LogP contribution is -2.41. The van der Waals surface area contributed by atoms with Crippen LogP contribution in [0.5, 0.6) is 0 Å². The largest absolute Gasteiger partial charge is 0.253 e. The van der Waals surface area contributed by atoms with Gasteiger partial charge in [-0.2, -0.15) is 10.2 Å². The van der Waals surface area contributed by atoms with Crippen molar-refractivity contribution in [1.29, 1.82) is 0 Å². The average molecular weight is 267 g/mol. The molecule has 16 heavy (non-hydrogen) atoms. The standard InChI is InChI=1S/C12H30N2S2/c1-8-14(15(3,4)5)16(6,7)13-11-9-10-12(13)2/h12H,8-11H2,1-7H3. The lowest BCUT2D eigenvalue weighted by atomic mass is 10.3. The number of rotatable bonds is 4. The molecular weight excluding hydrogens is 236 g/mol. The third kappa shape index (κ3) is 2.89. The molecule has 0 N–H and O–H groups in total. The van der Waals surface area contributed by atoms with Crippen molar-refractivity contribution in [2.75, 3.05) is 44.4 Å². The van der Waals surface area contributed by atoms with Crippen LogP contribution in [0.1, 0.15) is 26.7 Å². The van der Waals surface area contributed by atoms with Gasteiger partial charge in [0.15, 0.2) is 0 Å². The summed E-state index contributed by atoms with van der Waals surface area (Å²) in [5, 5.41) is 0. The van der Waals surface area contributed by atoms with Gasteiger partial charge in [-0.3, -0.25) is 4.31 Å². The normalized spacial score (nSPS) is 26.4. The molecule has 2 nitrogen and oxygen atoms in total. The van der Waals surface area contributed by atoms with Crippen LogP contribution in [0.4, 0.5) is 0 Å². The molecule has 1 aliphatic rings. The molecule has 0 aromatic carbocycles. The first-order valence-electron chi connectivity index (χ1n) is 6.17. The van der Waals surface area contributed by atoms with Gasteiger partial charge in [-0.25, -0.2) is 3.71 Å². The molecule has 0 aromatic rings. The van der Waals surface area contributed by atoms with Crippen molar-refractivity contribution in [3.05, 3.63) is 0 Å². The summed E-state index contributed by atoms with van der Waals surface area (Å²) in [6, 6.07) is 0.779. The van der Waals surface area contributed by atoms with E-state index in [1.54, 1.807) is 0 Å². The van der Waals surface area contributed by atoms with Gasteiger partial charge in [0, 0.05) is 19.1 Å². The second-order valence-corrected chi connectivity index (χ2v) is 13.3. The van der Waals surface area contributed by atoms with Crippen molar-refractivity contribution < 1.29 is 0 Å². The van der Waals surface area contributed by atoms with Crippen molar-refractivity contribution in [2.45, 2.75) is 32.7 Å². The molecule has 0 amide bonds. The van der Waals surface area contributed by atoms with Crippen molar-refractivity contribution in [3.63, 3.8) is 0 Å². The zero-order chi connectivity index (χ0) is 12.6. The number of hydrogen-bond acceptors (Lipinski definition) is 2. The molecule has 4 heteroatoms. The fourth-order valence-electron chi connectivity index (χ4n) is 2.94. The minimum absolute atomic E-state index is 0.605. The molecule has 100 valence electrons. The van der Waals surface area contributed by atoms with Crippen LogP contribution < -0.4 is 0 Å². The molecule has 1 aliphatic heterocycles. The van der Waals surface area contributed by atoms with E-state index in [4.69, 9.17) is 0 Å². The molecule has 1 atom stereocenters. The Morgan fingerprint density at radius 1 is 1.19 bits per heavy atom. The first-order chi connectivity index (χ1) is 7.21. The van der Waals surface area contributed by atoms with E-state index in [2.05, 4.69) is 53.1 Å². The molecular formula is C12H30N2S2. The summed E-state index contributed by atoms with van der Waals surface area (Å²) in [5.74, 6) is 0. The van der Waals surface area contributed by atoms with Crippen LogP contribution in [-0.2, 0) is 0 Å². The van der Waals surface area contributed by atoms with Gasteiger partial charge in [0.25, 0.3) is 0 Å². The topological polar surface area (TPSA) is 6.48 Å². The second kappa shape index (κ2) is 5.09. The first-order valence-corrected chi connectivity index (χ1v) is 11.4. The van der Waals surface area contributed by atoms with Crippen molar-refractivity contribution in [1.82, 2.24) is 8.02 Å². The van der Waals surface area contributed by atoms with E-state index in [0.717, 1.165) is 6.04 Å². The Labute approximate surface area is 106 Å². The highest BCUT2D eigenvalue weighted by atomic mass is 32.3. The fraction of sp³-hybridized carbons (Fsp3) is 1.00. The SMILES string of the molecule is CCN(S(C)(C)C)S(C)(C)N1CCCC1C. The van der Waals surface area contributed by atoms with Gasteiger partial charge < -0.3 is 0 Å². The molecule has 1 saturated heterocycles. The Morgan fingerprint density at radius 3 is 2.06 bits per heavy atom. The van der Waals surface area contributed by atoms with Crippen LogP contribution in [0.25, 0.3) is 0 Å². The maximum Gasteiger partial charge on any atom is 0.0171 e. The summed E-state index contributed by atoms with van der Waals surface area (Å²) in [4.78, 5) is 0. The molecule has 0 bridgehead atoms. The Bertz CT molecular complexity index is 236. The summed E-state index contributed by atoms with van der Waals surface area (Å²) >= 11 is 0. The van der Waals surface area contributed by atoms with Crippen LogP contribution in [0.15, 0.2) is 0 Å². The minimum Gasteiger partial charge on any atom is -0.253 e. The molecule has 1 rings (SSSR count). The third-order valence-electron chi connectivity index (χ3n) is 3.43. The molecule has 1 unspecified atom stereocenters. The zero-order valence-electron chi connectivity index (χ0n) is 12.1. The van der Waals surface area contributed by atoms with Crippen LogP contribution in [0.3, 0.4) is 0 Å². The lowest BCUT2D eigenvalue weighted by Gasteiger charge is -2.57. The molecule has 1 fully saturated rings. The highest BCUT2D eigenvalue weighted by Crippen LogP contribution is 2.62. The minimum atomic E-state index is -0.754. The predicted octanol–water partition coefficient (Wildman–Crippen LogP) is 3.30. The Kier molecular flexibility index (Phi) is 4.67. The molecule has 0 radical (unpaired) electrons. The highest BCUT2D eigenvalue weighted by Gasteiger charge is 2.37. The predicted molar refractivity (Wildman–Crippen MR) is 82.6 cm³/mol. The molecule has 0 saturated carbocycles. The monoisotopic (exact) mass is 266 g/mol. The summed E-state index contributed by atoms with van der Waals surface area (Å²) in [6.07, 6.45) is 15.0. The van der Waals surface area contributed by atoms with E-state index in [-0.39, 0.29) is 0 Å². The summed E-state index contributed by atoms with van der Waals surface area (Å²) in [7, 11) is -1.36. The number of nitrogens with zero attached hydrogens (tertiary/aromatic N) is 2. The van der Waals surface area contributed by atoms with Crippen LogP contribution in [0, 0.1) is 0 Å². The smallest absolute Gasteiger partial charge is 0.0171 e. The summed E-state index contributed by atoms with van der Waals surface area (Å²) in [6.45, 7) is 7.20. The highest BCUT2D eigenvalue weighted by molar-refractivity contribution is 8.43. The van der Waals surface area contributed by atoms with E-state index in [1.165, 1.54) is 25.9 Å². The van der Waals surface area contributed by atoms with Crippen molar-refractivity contribution in [3.8, 4) is 0 Å². The molecule has 0 spiro atoms. The van der Waals surface area contributed by atoms with Gasteiger partial charge in [-0.1, -0.05) is 6.92 Å². The van der Waals surface area contributed by atoms with E-state index < -0.39 is 20.6 Å². The fourth-order valence-corrected chi connectivity index (χ4v) is 10.8. The lowest BCUT2D eigenvalue weighted by molar-refractivity contribution is 0.440. The summed E-state index contributed by atoms with van der Waals surface area (Å²) in [5.41, 5.74) is 0. The molecule has 1 heterocycles. The second-order valence-electron chi connectivity index (χ2n) is 5.77. The van der Waals surface area contributed by atoms with Crippen molar-refractivity contribution in [2.24, 2.45) is 0 Å². The number of hydrogen-bond donors (Lipinski definition) is 0. The van der Waals surface area contributed by atoms with Crippen LogP contribution in [-0.4, -0.2) is 58.4 Å². The Balaban J connectivity index is 2.89. The van der Waals surface area contributed by atoms with E-state index in [0.29, 0.717) is 0 Å². The maximum absolute atomic E-state index is 2.78. The van der Waals surface area contributed by atoms with E-state index in [1.807, 2.05) is 0 Å². The maximum atomic E-state index is 2.78. The van der Waals surface area contributed by atoms with Gasteiger partial charge in [-0.05, 0) is 51.0 Å². The third-order valence-corrected chi connectivity index (χ3v) is 10.3. The van der Waals surface area contributed by atoms with Gasteiger partial charge >= 0.3 is 0 Å². The van der Waals surface area contributed by atoms with Gasteiger partial charge in [-0.15, -0.1) is 10.4 Å². The average Bonchev–Trinajstić information content (AvgIpc) is 2.49. The van der Waals surface area contributed by atoms with Gasteiger partial charge in [0.05, 0.1) is 0 Å². The Morgan fingerprint density at radius 2 is 1.75 bits per heavy atom. The van der Waals surface area contributed by atoms with E-state index >= 15 is 0 Å². The van der Waals surface area contributed by atoms with Gasteiger partial charge in [0.2, 0.25) is 0 Å². The van der Waals surface area contributed by atoms with Gasteiger partial charge in [0.1, 0.15) is 0 Å². The van der Waals surface area contributed by atoms with Crippen LogP contribution in [0.2, 0.25) is 0 Å². The van der Waals surface area contributed by atoms with E-state index in [9.17, 15) is 0 Å². The quantitative estimate of drug-likeness (QED) is 0.770. The molecule has 0 aromatic heterocycles. The Hall–Kier alpha value is 0.620. The first kappa shape index (κ1) is 14.7.